The molecule has 5 nitrogen and oxygen atoms in total. The molecule has 0 bridgehead atoms. The molecule has 0 unspecified atom stereocenters. The number of hydrogen-bond acceptors (Lipinski definition) is 4. The maximum Gasteiger partial charge on any atom is 0.257 e. The highest BCUT2D eigenvalue weighted by atomic mass is 16.3. The molecule has 2 N–H and O–H groups in total. The van der Waals surface area contributed by atoms with E-state index in [2.05, 4.69) is 9.97 Å². The smallest absolute Gasteiger partial charge is 0.257 e. The minimum absolute atomic E-state index is 0.206. The summed E-state index contributed by atoms with van der Waals surface area (Å²) in [6.07, 6.45) is 2.90. The molecule has 2 heterocycles. The van der Waals surface area contributed by atoms with E-state index in [0.717, 1.165) is 0 Å². The van der Waals surface area contributed by atoms with Gasteiger partial charge in [-0.25, -0.2) is 0 Å². The lowest BCUT2D eigenvalue weighted by molar-refractivity contribution is 0.447. The second kappa shape index (κ2) is 3.02. The second-order valence-electron chi connectivity index (χ2n) is 2.88. The van der Waals surface area contributed by atoms with E-state index in [1.165, 1.54) is 19.5 Å². The van der Waals surface area contributed by atoms with Gasteiger partial charge in [-0.2, -0.15) is 4.98 Å². The van der Waals surface area contributed by atoms with Crippen LogP contribution in [0.5, 0.6) is 5.88 Å². The van der Waals surface area contributed by atoms with E-state index >= 15 is 0 Å². The van der Waals surface area contributed by atoms with Crippen LogP contribution in [0.2, 0.25) is 0 Å². The van der Waals surface area contributed by atoms with Crippen LogP contribution in [-0.4, -0.2) is 15.1 Å². The molecule has 0 saturated carbocycles. The van der Waals surface area contributed by atoms with Gasteiger partial charge in [-0.1, -0.05) is 0 Å². The Balaban J connectivity index is 2.63. The lowest BCUT2D eigenvalue weighted by Crippen LogP contribution is -2.11. The summed E-state index contributed by atoms with van der Waals surface area (Å²) in [6, 6.07) is 1.65. The van der Waals surface area contributed by atoms with E-state index in [1.54, 1.807) is 6.07 Å². The van der Waals surface area contributed by atoms with Crippen LogP contribution in [0.3, 0.4) is 0 Å². The topological polar surface area (TPSA) is 79.1 Å². The molecular formula is C9H8N2O3. The summed E-state index contributed by atoms with van der Waals surface area (Å²) in [5, 5.41) is 9.32. The maximum atomic E-state index is 11.3. The van der Waals surface area contributed by atoms with Gasteiger partial charge in [0.15, 0.2) is 0 Å². The largest absolute Gasteiger partial charge is 0.493 e. The van der Waals surface area contributed by atoms with Gasteiger partial charge in [0.1, 0.15) is 12.1 Å². The predicted octanol–water partition coefficient (Wildman–Crippen LogP) is 1.04. The fourth-order valence-corrected chi connectivity index (χ4v) is 1.06. The van der Waals surface area contributed by atoms with Gasteiger partial charge in [0.25, 0.3) is 5.56 Å². The first-order valence-corrected chi connectivity index (χ1v) is 4.01. The summed E-state index contributed by atoms with van der Waals surface area (Å²) in [4.78, 5) is 17.6. The zero-order valence-corrected chi connectivity index (χ0v) is 7.44. The molecule has 5 heteroatoms. The molecular weight excluding hydrogens is 184 g/mol. The summed E-state index contributed by atoms with van der Waals surface area (Å²) in [5.41, 5.74) is 0.475. The van der Waals surface area contributed by atoms with Crippen molar-refractivity contribution in [3.05, 3.63) is 34.5 Å². The van der Waals surface area contributed by atoms with E-state index in [1.807, 2.05) is 0 Å². The lowest BCUT2D eigenvalue weighted by Gasteiger charge is -1.99. The Morgan fingerprint density at radius 1 is 1.57 bits per heavy atom. The average molecular weight is 192 g/mol. The summed E-state index contributed by atoms with van der Waals surface area (Å²) < 4.78 is 4.84. The van der Waals surface area contributed by atoms with Crippen molar-refractivity contribution in [1.82, 2.24) is 9.97 Å². The zero-order valence-electron chi connectivity index (χ0n) is 7.44. The summed E-state index contributed by atoms with van der Waals surface area (Å²) >= 11 is 0. The van der Waals surface area contributed by atoms with Gasteiger partial charge >= 0.3 is 0 Å². The van der Waals surface area contributed by atoms with Crippen molar-refractivity contribution in [2.45, 2.75) is 6.92 Å². The van der Waals surface area contributed by atoms with Crippen molar-refractivity contribution in [2.75, 3.05) is 0 Å². The van der Waals surface area contributed by atoms with E-state index in [4.69, 9.17) is 4.42 Å². The molecule has 0 atom stereocenters. The van der Waals surface area contributed by atoms with Gasteiger partial charge in [-0.05, 0) is 13.0 Å². The standard InChI is InChI=1S/C9H8N2O3/c1-5-8(12)10-7(11-9(5)13)6-2-3-14-4-6/h2-4H,1H3,(H2,10,11,12,13). The van der Waals surface area contributed by atoms with Crippen molar-refractivity contribution in [3.8, 4) is 17.3 Å². The molecule has 0 aliphatic carbocycles. The van der Waals surface area contributed by atoms with E-state index < -0.39 is 0 Å². The minimum atomic E-state index is -0.353. The highest BCUT2D eigenvalue weighted by Crippen LogP contribution is 2.16. The third kappa shape index (κ3) is 1.28. The molecule has 0 saturated heterocycles. The summed E-state index contributed by atoms with van der Waals surface area (Å²) in [6.45, 7) is 1.50. The highest BCUT2D eigenvalue weighted by Gasteiger charge is 2.07. The van der Waals surface area contributed by atoms with Gasteiger partial charge in [0.2, 0.25) is 5.88 Å². The van der Waals surface area contributed by atoms with E-state index in [9.17, 15) is 9.90 Å². The highest BCUT2D eigenvalue weighted by molar-refractivity contribution is 5.53. The molecule has 2 aromatic heterocycles. The zero-order chi connectivity index (χ0) is 10.1. The number of H-pyrrole nitrogens is 1. The van der Waals surface area contributed by atoms with Gasteiger partial charge < -0.3 is 14.5 Å². The van der Waals surface area contributed by atoms with Crippen LogP contribution in [-0.2, 0) is 0 Å². The number of nitrogens with zero attached hydrogens (tertiary/aromatic N) is 1. The second-order valence-corrected chi connectivity index (χ2v) is 2.88. The first-order valence-electron chi connectivity index (χ1n) is 4.01. The Morgan fingerprint density at radius 3 is 2.93 bits per heavy atom. The Hall–Kier alpha value is -2.04. The van der Waals surface area contributed by atoms with Crippen molar-refractivity contribution in [3.63, 3.8) is 0 Å². The number of hydrogen-bond donors (Lipinski definition) is 2. The van der Waals surface area contributed by atoms with Crippen LogP contribution in [0, 0.1) is 6.92 Å². The SMILES string of the molecule is Cc1c(O)nc(-c2ccoc2)[nH]c1=O. The van der Waals surface area contributed by atoms with E-state index in [0.29, 0.717) is 11.4 Å². The number of aromatic amines is 1. The first-order chi connectivity index (χ1) is 6.68. The Labute approximate surface area is 79.0 Å². The Morgan fingerprint density at radius 2 is 2.36 bits per heavy atom. The molecule has 0 aromatic carbocycles. The molecule has 0 radical (unpaired) electrons. The van der Waals surface area contributed by atoms with Crippen molar-refractivity contribution < 1.29 is 9.52 Å². The van der Waals surface area contributed by atoms with Crippen molar-refractivity contribution in [2.24, 2.45) is 0 Å². The van der Waals surface area contributed by atoms with Gasteiger partial charge in [-0.15, -0.1) is 0 Å². The summed E-state index contributed by atoms with van der Waals surface area (Å²) in [5.74, 6) is 0.0387. The van der Waals surface area contributed by atoms with Crippen LogP contribution >= 0.6 is 0 Å². The quantitative estimate of drug-likeness (QED) is 0.707. The number of aromatic nitrogens is 2. The normalized spacial score (nSPS) is 10.4. The number of furan rings is 1. The minimum Gasteiger partial charge on any atom is -0.493 e. The monoisotopic (exact) mass is 192 g/mol. The maximum absolute atomic E-state index is 11.3. The summed E-state index contributed by atoms with van der Waals surface area (Å²) in [7, 11) is 0. The Bertz CT molecular complexity index is 499. The molecule has 0 fully saturated rings. The number of rotatable bonds is 1. The van der Waals surface area contributed by atoms with E-state index in [-0.39, 0.29) is 17.0 Å². The number of nitrogens with one attached hydrogen (secondary N) is 1. The average Bonchev–Trinajstić information content (AvgIpc) is 2.66. The fourth-order valence-electron chi connectivity index (χ4n) is 1.06. The first kappa shape index (κ1) is 8.55. The van der Waals surface area contributed by atoms with Gasteiger partial charge in [-0.3, -0.25) is 4.79 Å². The molecule has 0 aliphatic heterocycles. The lowest BCUT2D eigenvalue weighted by atomic mass is 10.3. The third-order valence-corrected chi connectivity index (χ3v) is 1.92. The van der Waals surface area contributed by atoms with Crippen LogP contribution in [0.4, 0.5) is 0 Å². The predicted molar refractivity (Wildman–Crippen MR) is 49.0 cm³/mol. The van der Waals surface area contributed by atoms with Crippen molar-refractivity contribution in [1.29, 1.82) is 0 Å². The third-order valence-electron chi connectivity index (χ3n) is 1.92. The molecule has 2 aromatic rings. The molecule has 0 aliphatic rings. The molecule has 0 spiro atoms. The van der Waals surface area contributed by atoms with Crippen LogP contribution < -0.4 is 5.56 Å². The number of aromatic hydroxyl groups is 1. The molecule has 72 valence electrons. The van der Waals surface area contributed by atoms with Gasteiger partial charge in [0, 0.05) is 0 Å². The van der Waals surface area contributed by atoms with Gasteiger partial charge in [0.05, 0.1) is 17.4 Å². The fraction of sp³-hybridized carbons (Fsp3) is 0.111. The molecule has 2 rings (SSSR count). The molecule has 14 heavy (non-hydrogen) atoms. The van der Waals surface area contributed by atoms with Crippen LogP contribution in [0.1, 0.15) is 5.56 Å². The Kier molecular flexibility index (Phi) is 1.85. The van der Waals surface area contributed by atoms with Crippen molar-refractivity contribution >= 4 is 0 Å². The molecule has 0 amide bonds. The van der Waals surface area contributed by atoms with Crippen LogP contribution in [0.15, 0.2) is 27.8 Å². The van der Waals surface area contributed by atoms with Crippen LogP contribution in [0.25, 0.3) is 11.4 Å².